The van der Waals surface area contributed by atoms with E-state index in [4.69, 9.17) is 14.7 Å². The van der Waals surface area contributed by atoms with E-state index in [1.807, 2.05) is 37.3 Å². The Morgan fingerprint density at radius 1 is 1.26 bits per heavy atom. The molecule has 2 aliphatic rings. The highest BCUT2D eigenvalue weighted by Crippen LogP contribution is 2.40. The molecule has 0 aliphatic carbocycles. The van der Waals surface area contributed by atoms with Gasteiger partial charge in [-0.05, 0) is 19.9 Å². The molecule has 4 rings (SSSR count). The van der Waals surface area contributed by atoms with Crippen LogP contribution in [0, 0.1) is 6.92 Å². The first kappa shape index (κ1) is 18.1. The number of benzene rings is 1. The summed E-state index contributed by atoms with van der Waals surface area (Å²) in [6.45, 7) is 5.37. The van der Waals surface area contributed by atoms with E-state index in [0.29, 0.717) is 19.8 Å². The van der Waals surface area contributed by atoms with Gasteiger partial charge in [-0.2, -0.15) is 0 Å². The van der Waals surface area contributed by atoms with E-state index in [1.165, 1.54) is 0 Å². The lowest BCUT2D eigenvalue weighted by Gasteiger charge is -2.35. The molecule has 1 aromatic carbocycles. The van der Waals surface area contributed by atoms with Gasteiger partial charge in [-0.1, -0.05) is 30.3 Å². The molecule has 6 heteroatoms. The first-order valence-electron chi connectivity index (χ1n) is 9.42. The van der Waals surface area contributed by atoms with E-state index >= 15 is 0 Å². The zero-order valence-corrected chi connectivity index (χ0v) is 16.2. The molecule has 142 valence electrons. The zero-order valence-electron chi connectivity index (χ0n) is 16.2. The smallest absolute Gasteiger partial charge is 0.236 e. The molecule has 0 radical (unpaired) electrons. The van der Waals surface area contributed by atoms with Crippen LogP contribution in [0.25, 0.3) is 11.4 Å². The number of hydrogen-bond donors (Lipinski definition) is 0. The number of amides is 1. The Kier molecular flexibility index (Phi) is 4.70. The molecule has 0 bridgehead atoms. The third kappa shape index (κ3) is 3.35. The summed E-state index contributed by atoms with van der Waals surface area (Å²) in [5.74, 6) is 0.906. The molecule has 1 amide bonds. The molecular weight excluding hydrogens is 340 g/mol. The van der Waals surface area contributed by atoms with Crippen LogP contribution in [0.4, 0.5) is 0 Å². The van der Waals surface area contributed by atoms with Crippen LogP contribution in [0.15, 0.2) is 30.3 Å². The summed E-state index contributed by atoms with van der Waals surface area (Å²) in [4.78, 5) is 25.8. The highest BCUT2D eigenvalue weighted by molar-refractivity contribution is 5.77. The number of rotatable bonds is 3. The first-order valence-corrected chi connectivity index (χ1v) is 9.42. The van der Waals surface area contributed by atoms with Crippen LogP contribution >= 0.6 is 0 Å². The Morgan fingerprint density at radius 2 is 2.04 bits per heavy atom. The van der Waals surface area contributed by atoms with E-state index in [2.05, 4.69) is 4.90 Å². The molecular formula is C21H26N4O2. The molecule has 1 saturated heterocycles. The van der Waals surface area contributed by atoms with Crippen molar-refractivity contribution >= 4 is 5.91 Å². The minimum Gasteiger partial charge on any atom is -0.376 e. The SMILES string of the molecule is Cc1nc(-c2ccccc2)nc2c1COCC21CCN(CC(=O)N(C)C)C1. The van der Waals surface area contributed by atoms with Crippen molar-refractivity contribution in [3.05, 3.63) is 47.3 Å². The minimum atomic E-state index is -0.155. The van der Waals surface area contributed by atoms with Crippen LogP contribution < -0.4 is 0 Å². The van der Waals surface area contributed by atoms with E-state index in [9.17, 15) is 4.79 Å². The normalized spacial score (nSPS) is 22.0. The largest absolute Gasteiger partial charge is 0.376 e. The Bertz CT molecular complexity index is 853. The van der Waals surface area contributed by atoms with Crippen LogP contribution in [0.1, 0.15) is 23.4 Å². The van der Waals surface area contributed by atoms with Gasteiger partial charge in [-0.15, -0.1) is 0 Å². The second-order valence-electron chi connectivity index (χ2n) is 7.85. The summed E-state index contributed by atoms with van der Waals surface area (Å²) in [5, 5.41) is 0. The molecule has 2 aliphatic heterocycles. The van der Waals surface area contributed by atoms with Gasteiger partial charge in [-0.3, -0.25) is 9.69 Å². The summed E-state index contributed by atoms with van der Waals surface area (Å²) >= 11 is 0. The summed E-state index contributed by atoms with van der Waals surface area (Å²) in [7, 11) is 3.60. The van der Waals surface area contributed by atoms with Gasteiger partial charge in [0.15, 0.2) is 5.82 Å². The van der Waals surface area contributed by atoms with E-state index in [0.717, 1.165) is 47.8 Å². The van der Waals surface area contributed by atoms with Crippen molar-refractivity contribution < 1.29 is 9.53 Å². The maximum absolute atomic E-state index is 12.1. The molecule has 1 fully saturated rings. The summed E-state index contributed by atoms with van der Waals surface area (Å²) in [6.07, 6.45) is 0.950. The van der Waals surface area contributed by atoms with Crippen molar-refractivity contribution in [3.63, 3.8) is 0 Å². The van der Waals surface area contributed by atoms with Crippen LogP contribution in [-0.4, -0.2) is 66.0 Å². The van der Waals surface area contributed by atoms with Gasteiger partial charge in [0.05, 0.1) is 30.9 Å². The highest BCUT2D eigenvalue weighted by atomic mass is 16.5. The highest BCUT2D eigenvalue weighted by Gasteiger charge is 2.45. The monoisotopic (exact) mass is 366 g/mol. The van der Waals surface area contributed by atoms with Gasteiger partial charge in [0, 0.05) is 37.5 Å². The number of likely N-dealkylation sites (N-methyl/N-ethyl adjacent to an activating group) is 1. The molecule has 2 aromatic rings. The molecule has 3 heterocycles. The van der Waals surface area contributed by atoms with Gasteiger partial charge < -0.3 is 9.64 Å². The number of aromatic nitrogens is 2. The number of carbonyl (C=O) groups excluding carboxylic acids is 1. The topological polar surface area (TPSA) is 58.6 Å². The van der Waals surface area contributed by atoms with Crippen molar-refractivity contribution in [2.24, 2.45) is 0 Å². The fourth-order valence-corrected chi connectivity index (χ4v) is 4.08. The Labute approximate surface area is 160 Å². The maximum atomic E-state index is 12.1. The van der Waals surface area contributed by atoms with Gasteiger partial charge in [-0.25, -0.2) is 9.97 Å². The number of nitrogens with zero attached hydrogens (tertiary/aromatic N) is 4. The molecule has 0 saturated carbocycles. The number of likely N-dealkylation sites (tertiary alicyclic amines) is 1. The van der Waals surface area contributed by atoms with E-state index in [-0.39, 0.29) is 11.3 Å². The van der Waals surface area contributed by atoms with Crippen molar-refractivity contribution in [3.8, 4) is 11.4 Å². The quantitative estimate of drug-likeness (QED) is 0.832. The lowest BCUT2D eigenvalue weighted by atomic mass is 9.80. The van der Waals surface area contributed by atoms with Gasteiger partial charge in [0.25, 0.3) is 0 Å². The number of fused-ring (bicyclic) bond motifs is 2. The summed E-state index contributed by atoms with van der Waals surface area (Å²) in [5.41, 5.74) is 4.09. The summed E-state index contributed by atoms with van der Waals surface area (Å²) < 4.78 is 5.96. The zero-order chi connectivity index (χ0) is 19.0. The molecule has 0 N–H and O–H groups in total. The predicted molar refractivity (Wildman–Crippen MR) is 103 cm³/mol. The van der Waals surface area contributed by atoms with Crippen LogP contribution in [0.3, 0.4) is 0 Å². The van der Waals surface area contributed by atoms with Crippen LogP contribution in [0.2, 0.25) is 0 Å². The van der Waals surface area contributed by atoms with E-state index in [1.54, 1.807) is 19.0 Å². The standard InChI is InChI=1S/C21H26N4O2/c1-15-17-12-27-14-21(9-10-25(13-21)11-18(26)24(2)3)19(17)23-20(22-15)16-7-5-4-6-8-16/h4-8H,9-14H2,1-3H3. The third-order valence-corrected chi connectivity index (χ3v) is 5.66. The van der Waals surface area contributed by atoms with Crippen LogP contribution in [0.5, 0.6) is 0 Å². The predicted octanol–water partition coefficient (Wildman–Crippen LogP) is 2.01. The Morgan fingerprint density at radius 3 is 2.78 bits per heavy atom. The van der Waals surface area contributed by atoms with Crippen LogP contribution in [-0.2, 0) is 21.6 Å². The number of hydrogen-bond acceptors (Lipinski definition) is 5. The molecule has 1 spiro atoms. The second-order valence-corrected chi connectivity index (χ2v) is 7.85. The third-order valence-electron chi connectivity index (χ3n) is 5.66. The molecule has 27 heavy (non-hydrogen) atoms. The molecule has 1 aromatic heterocycles. The van der Waals surface area contributed by atoms with E-state index < -0.39 is 0 Å². The van der Waals surface area contributed by atoms with Crippen molar-refractivity contribution in [2.45, 2.75) is 25.4 Å². The van der Waals surface area contributed by atoms with Crippen molar-refractivity contribution in [1.82, 2.24) is 19.8 Å². The maximum Gasteiger partial charge on any atom is 0.236 e. The fourth-order valence-electron chi connectivity index (χ4n) is 4.08. The Balaban J connectivity index is 1.69. The first-order chi connectivity index (χ1) is 13.0. The number of carbonyl (C=O) groups is 1. The van der Waals surface area contributed by atoms with Gasteiger partial charge in [0.2, 0.25) is 5.91 Å². The second kappa shape index (κ2) is 7.02. The van der Waals surface area contributed by atoms with Gasteiger partial charge >= 0.3 is 0 Å². The van der Waals surface area contributed by atoms with Gasteiger partial charge in [0.1, 0.15) is 0 Å². The summed E-state index contributed by atoms with van der Waals surface area (Å²) in [6, 6.07) is 10.1. The molecule has 6 nitrogen and oxygen atoms in total. The molecule has 1 unspecified atom stereocenters. The Hall–Kier alpha value is -2.31. The lowest BCUT2D eigenvalue weighted by Crippen LogP contribution is -2.42. The average Bonchev–Trinajstić information content (AvgIpc) is 3.06. The van der Waals surface area contributed by atoms with Crippen molar-refractivity contribution in [1.29, 1.82) is 0 Å². The minimum absolute atomic E-state index is 0.132. The molecule has 1 atom stereocenters. The average molecular weight is 366 g/mol. The fraction of sp³-hybridized carbons (Fsp3) is 0.476. The number of aryl methyl sites for hydroxylation is 1. The van der Waals surface area contributed by atoms with Crippen molar-refractivity contribution in [2.75, 3.05) is 40.3 Å². The number of ether oxygens (including phenoxy) is 1. The lowest BCUT2D eigenvalue weighted by molar-refractivity contribution is -0.129.